The molecule has 0 saturated carbocycles. The molecule has 0 spiro atoms. The van der Waals surface area contributed by atoms with Crippen molar-refractivity contribution in [3.8, 4) is 0 Å². The molecule has 0 aromatic heterocycles. The van der Waals surface area contributed by atoms with Crippen LogP contribution >= 0.6 is 28.6 Å². The second-order valence-corrected chi connectivity index (χ2v) is 7.26. The van der Waals surface area contributed by atoms with Crippen molar-refractivity contribution in [1.82, 2.24) is 10.6 Å². The second-order valence-electron chi connectivity index (χ2n) is 6.04. The number of esters is 1. The number of rotatable bonds is 12. The van der Waals surface area contributed by atoms with Gasteiger partial charge >= 0.3 is 17.9 Å². The number of ether oxygens (including phenoxy) is 1. The molecule has 0 aliphatic carbocycles. The molecule has 0 heterocycles. The minimum atomic E-state index is -1.56. The zero-order chi connectivity index (χ0) is 22.7. The van der Waals surface area contributed by atoms with E-state index in [-0.39, 0.29) is 25.2 Å². The number of carbonyl (C=O) groups is 5. The van der Waals surface area contributed by atoms with E-state index < -0.39 is 48.2 Å². The first kappa shape index (κ1) is 25.4. The number of hydrogen-bond acceptors (Lipinski definition) is 7. The average molecular weight is 505 g/mol. The Hall–Kier alpha value is -2.60. The van der Waals surface area contributed by atoms with Crippen molar-refractivity contribution in [2.75, 3.05) is 12.3 Å². The van der Waals surface area contributed by atoms with Crippen LogP contribution in [0.25, 0.3) is 0 Å². The lowest BCUT2D eigenvalue weighted by atomic mass is 10.0. The van der Waals surface area contributed by atoms with Gasteiger partial charge < -0.3 is 25.6 Å². The maximum Gasteiger partial charge on any atom is 0.322 e. The predicted molar refractivity (Wildman–Crippen MR) is 111 cm³/mol. The Morgan fingerprint density at radius 3 is 2.37 bits per heavy atom. The first-order valence-corrected chi connectivity index (χ1v) is 10.1. The summed E-state index contributed by atoms with van der Waals surface area (Å²) in [6, 6.07) is 5.84. The van der Waals surface area contributed by atoms with Crippen LogP contribution in [0.15, 0.2) is 28.7 Å². The van der Waals surface area contributed by atoms with Crippen molar-refractivity contribution in [3.63, 3.8) is 0 Å². The minimum absolute atomic E-state index is 0.104. The van der Waals surface area contributed by atoms with Crippen molar-refractivity contribution in [3.05, 3.63) is 34.3 Å². The van der Waals surface area contributed by atoms with Crippen LogP contribution in [0.1, 0.15) is 18.4 Å². The smallest absolute Gasteiger partial charge is 0.322 e. The topological polar surface area (TPSA) is 159 Å². The van der Waals surface area contributed by atoms with Gasteiger partial charge in [0.05, 0.1) is 0 Å². The van der Waals surface area contributed by atoms with E-state index in [0.717, 1.165) is 0 Å². The third kappa shape index (κ3) is 8.82. The van der Waals surface area contributed by atoms with Gasteiger partial charge in [-0.15, -0.1) is 0 Å². The zero-order valence-electron chi connectivity index (χ0n) is 15.7. The SMILES string of the molecule is O=C(O)CNC(=O)[C@H](CS)NC(=O)CC[C@@H](C(=O)O)C(=O)OCc1ccccc1Br. The number of aliphatic carboxylic acids is 2. The van der Waals surface area contributed by atoms with Crippen LogP contribution in [0.2, 0.25) is 0 Å². The molecular formula is C18H21BrN2O8S. The lowest BCUT2D eigenvalue weighted by Gasteiger charge is -2.17. The summed E-state index contributed by atoms with van der Waals surface area (Å²) >= 11 is 7.21. The lowest BCUT2D eigenvalue weighted by molar-refractivity contribution is -0.160. The quantitative estimate of drug-likeness (QED) is 0.157. The molecule has 0 unspecified atom stereocenters. The number of benzene rings is 1. The highest BCUT2D eigenvalue weighted by molar-refractivity contribution is 9.10. The maximum absolute atomic E-state index is 12.1. The molecule has 4 N–H and O–H groups in total. The molecule has 0 aliphatic heterocycles. The van der Waals surface area contributed by atoms with Crippen molar-refractivity contribution >= 4 is 58.3 Å². The Kier molecular flexibility index (Phi) is 10.9. The molecule has 10 nitrogen and oxygen atoms in total. The van der Waals surface area contributed by atoms with E-state index in [1.54, 1.807) is 24.3 Å². The fraction of sp³-hybridized carbons (Fsp3) is 0.389. The van der Waals surface area contributed by atoms with Gasteiger partial charge in [-0.05, 0) is 12.5 Å². The van der Waals surface area contributed by atoms with E-state index in [1.165, 1.54) is 0 Å². The van der Waals surface area contributed by atoms with Gasteiger partial charge in [-0.25, -0.2) is 0 Å². The largest absolute Gasteiger partial charge is 0.481 e. The molecular weight excluding hydrogens is 484 g/mol. The van der Waals surface area contributed by atoms with Crippen LogP contribution in [0, 0.1) is 5.92 Å². The lowest BCUT2D eigenvalue weighted by Crippen LogP contribution is -2.49. The van der Waals surface area contributed by atoms with Crippen molar-refractivity contribution in [2.24, 2.45) is 5.92 Å². The molecule has 0 saturated heterocycles. The maximum atomic E-state index is 12.1. The summed E-state index contributed by atoms with van der Waals surface area (Å²) in [6.45, 7) is -0.759. The molecule has 12 heteroatoms. The standard InChI is InChI=1S/C18H21BrN2O8S/c19-12-4-2-1-3-10(12)8-29-18(28)11(17(26)27)5-6-14(22)21-13(9-30)16(25)20-7-15(23)24/h1-4,11,13,30H,5-9H2,(H,20,25)(H,21,22)(H,23,24)(H,26,27)/t11-,13-/m0/s1. The number of carboxylic acid groups (broad SMARTS) is 2. The van der Waals surface area contributed by atoms with Gasteiger partial charge in [0.1, 0.15) is 19.2 Å². The number of carbonyl (C=O) groups excluding carboxylic acids is 3. The molecule has 30 heavy (non-hydrogen) atoms. The van der Waals surface area contributed by atoms with Gasteiger partial charge in [0, 0.05) is 22.2 Å². The number of carboxylic acids is 2. The van der Waals surface area contributed by atoms with Gasteiger partial charge in [-0.2, -0.15) is 12.6 Å². The zero-order valence-corrected chi connectivity index (χ0v) is 18.1. The summed E-state index contributed by atoms with van der Waals surface area (Å²) in [4.78, 5) is 57.9. The Labute approximate surface area is 185 Å². The molecule has 164 valence electrons. The van der Waals surface area contributed by atoms with E-state index in [2.05, 4.69) is 39.2 Å². The molecule has 1 aromatic carbocycles. The Morgan fingerprint density at radius 1 is 1.13 bits per heavy atom. The average Bonchev–Trinajstić information content (AvgIpc) is 2.69. The summed E-state index contributed by atoms with van der Waals surface area (Å²) < 4.78 is 5.74. The fourth-order valence-corrected chi connectivity index (χ4v) is 2.89. The number of halogens is 1. The van der Waals surface area contributed by atoms with Gasteiger partial charge in [-0.1, -0.05) is 34.1 Å². The van der Waals surface area contributed by atoms with E-state index >= 15 is 0 Å². The Bertz CT molecular complexity index is 804. The summed E-state index contributed by atoms with van der Waals surface area (Å²) in [5, 5.41) is 22.2. The number of nitrogens with one attached hydrogen (secondary N) is 2. The van der Waals surface area contributed by atoms with Gasteiger partial charge in [-0.3, -0.25) is 24.0 Å². The summed E-state index contributed by atoms with van der Waals surface area (Å²) in [5.41, 5.74) is 0.650. The third-order valence-corrected chi connectivity index (χ3v) is 4.96. The highest BCUT2D eigenvalue weighted by atomic mass is 79.9. The predicted octanol–water partition coefficient (Wildman–Crippen LogP) is 0.589. The Balaban J connectivity index is 2.57. The third-order valence-electron chi connectivity index (χ3n) is 3.82. The van der Waals surface area contributed by atoms with Crippen molar-refractivity contribution in [2.45, 2.75) is 25.5 Å². The van der Waals surface area contributed by atoms with Crippen molar-refractivity contribution in [1.29, 1.82) is 0 Å². The molecule has 0 aliphatic rings. The summed E-state index contributed by atoms with van der Waals surface area (Å²) in [5.74, 6) is -6.78. The first-order chi connectivity index (χ1) is 14.1. The molecule has 1 aromatic rings. The minimum Gasteiger partial charge on any atom is -0.481 e. The van der Waals surface area contributed by atoms with Crippen LogP contribution in [0.4, 0.5) is 0 Å². The monoisotopic (exact) mass is 504 g/mol. The number of thiol groups is 1. The van der Waals surface area contributed by atoms with Crippen LogP contribution in [0.3, 0.4) is 0 Å². The van der Waals surface area contributed by atoms with Crippen LogP contribution in [-0.2, 0) is 35.3 Å². The Morgan fingerprint density at radius 2 is 1.80 bits per heavy atom. The number of hydrogen-bond donors (Lipinski definition) is 5. The van der Waals surface area contributed by atoms with Gasteiger partial charge in [0.15, 0.2) is 5.92 Å². The highest BCUT2D eigenvalue weighted by Gasteiger charge is 2.29. The van der Waals surface area contributed by atoms with Crippen LogP contribution < -0.4 is 10.6 Å². The fourth-order valence-electron chi connectivity index (χ4n) is 2.23. The highest BCUT2D eigenvalue weighted by Crippen LogP contribution is 2.18. The summed E-state index contributed by atoms with van der Waals surface area (Å²) in [6.07, 6.45) is -0.705. The molecule has 0 fully saturated rings. The second kappa shape index (κ2) is 12.9. The van der Waals surface area contributed by atoms with E-state index in [9.17, 15) is 29.1 Å². The molecule has 2 atom stereocenters. The van der Waals surface area contributed by atoms with E-state index in [1.807, 2.05) is 0 Å². The molecule has 0 bridgehead atoms. The molecule has 1 rings (SSSR count). The van der Waals surface area contributed by atoms with E-state index in [4.69, 9.17) is 9.84 Å². The normalized spacial score (nSPS) is 12.3. The van der Waals surface area contributed by atoms with E-state index in [0.29, 0.717) is 10.0 Å². The molecule has 2 amide bonds. The van der Waals surface area contributed by atoms with Crippen molar-refractivity contribution < 1.29 is 38.9 Å². The van der Waals surface area contributed by atoms with Gasteiger partial charge in [0.25, 0.3) is 0 Å². The summed E-state index contributed by atoms with van der Waals surface area (Å²) in [7, 11) is 0. The number of amides is 2. The van der Waals surface area contributed by atoms with Gasteiger partial charge in [0.2, 0.25) is 11.8 Å². The first-order valence-electron chi connectivity index (χ1n) is 8.68. The molecule has 0 radical (unpaired) electrons. The van der Waals surface area contributed by atoms with Crippen LogP contribution in [0.5, 0.6) is 0 Å². The van der Waals surface area contributed by atoms with Crippen LogP contribution in [-0.4, -0.2) is 58.3 Å².